The number of nitrogens with one attached hydrogen (secondary N) is 3. The third-order valence-electron chi connectivity index (χ3n) is 4.21. The first-order chi connectivity index (χ1) is 14.4. The van der Waals surface area contributed by atoms with E-state index in [1.807, 2.05) is 50.2 Å². The Hall–Kier alpha value is -3.87. The number of para-hydroxylation sites is 1. The Morgan fingerprint density at radius 3 is 2.30 bits per heavy atom. The highest BCUT2D eigenvalue weighted by molar-refractivity contribution is 6.04. The van der Waals surface area contributed by atoms with Crippen molar-refractivity contribution >= 4 is 40.1 Å². The molecule has 0 saturated heterocycles. The molecule has 0 unspecified atom stereocenters. The summed E-state index contributed by atoms with van der Waals surface area (Å²) in [6.45, 7) is 3.21. The van der Waals surface area contributed by atoms with Crippen LogP contribution in [0.1, 0.15) is 24.2 Å². The maximum absolute atomic E-state index is 12.5. The van der Waals surface area contributed by atoms with Crippen LogP contribution in [-0.4, -0.2) is 30.6 Å². The number of carbonyl (C=O) groups excluding carboxylic acids is 3. The minimum Gasteiger partial charge on any atom is -0.452 e. The largest absolute Gasteiger partial charge is 0.452 e. The van der Waals surface area contributed by atoms with Crippen molar-refractivity contribution in [2.24, 2.45) is 0 Å². The quantitative estimate of drug-likeness (QED) is 0.537. The van der Waals surface area contributed by atoms with Crippen LogP contribution in [0.4, 0.5) is 16.2 Å². The number of hydrogen-bond donors (Lipinski definition) is 3. The second kappa shape index (κ2) is 9.56. The molecule has 7 heteroatoms. The molecule has 0 aromatic heterocycles. The van der Waals surface area contributed by atoms with Crippen LogP contribution in [0.25, 0.3) is 10.8 Å². The van der Waals surface area contributed by atoms with Crippen LogP contribution >= 0.6 is 0 Å². The monoisotopic (exact) mass is 405 g/mol. The molecule has 0 aliphatic carbocycles. The molecule has 154 valence electrons. The van der Waals surface area contributed by atoms with E-state index in [0.29, 0.717) is 11.4 Å². The second-order valence-corrected chi connectivity index (χ2v) is 6.95. The van der Waals surface area contributed by atoms with Crippen LogP contribution in [0.2, 0.25) is 0 Å². The number of urea groups is 1. The van der Waals surface area contributed by atoms with E-state index >= 15 is 0 Å². The Morgan fingerprint density at radius 1 is 0.833 bits per heavy atom. The fourth-order valence-corrected chi connectivity index (χ4v) is 2.92. The Kier molecular flexibility index (Phi) is 6.64. The van der Waals surface area contributed by atoms with Crippen molar-refractivity contribution in [2.75, 3.05) is 17.2 Å². The van der Waals surface area contributed by atoms with Gasteiger partial charge in [-0.3, -0.25) is 4.79 Å². The summed E-state index contributed by atoms with van der Waals surface area (Å²) >= 11 is 0. The summed E-state index contributed by atoms with van der Waals surface area (Å²) in [6, 6.07) is 19.2. The van der Waals surface area contributed by atoms with Crippen molar-refractivity contribution in [1.82, 2.24) is 5.32 Å². The maximum atomic E-state index is 12.5. The predicted octanol–water partition coefficient (Wildman–Crippen LogP) is 4.17. The number of benzene rings is 3. The average molecular weight is 405 g/mol. The highest BCUT2D eigenvalue weighted by Crippen LogP contribution is 2.23. The molecule has 3 aromatic carbocycles. The zero-order valence-electron chi connectivity index (χ0n) is 16.8. The molecule has 0 heterocycles. The molecule has 0 spiro atoms. The van der Waals surface area contributed by atoms with Crippen LogP contribution in [0.15, 0.2) is 66.7 Å². The first-order valence-electron chi connectivity index (χ1n) is 9.55. The molecule has 3 amide bonds. The minimum absolute atomic E-state index is 0.0538. The van der Waals surface area contributed by atoms with E-state index in [4.69, 9.17) is 4.74 Å². The van der Waals surface area contributed by atoms with Crippen LogP contribution in [0.3, 0.4) is 0 Å². The third kappa shape index (κ3) is 5.35. The van der Waals surface area contributed by atoms with Crippen molar-refractivity contribution in [1.29, 1.82) is 0 Å². The molecule has 0 saturated carbocycles. The van der Waals surface area contributed by atoms with Crippen molar-refractivity contribution in [3.05, 3.63) is 72.3 Å². The second-order valence-electron chi connectivity index (χ2n) is 6.95. The van der Waals surface area contributed by atoms with Crippen molar-refractivity contribution in [3.8, 4) is 0 Å². The van der Waals surface area contributed by atoms with Gasteiger partial charge < -0.3 is 20.7 Å². The lowest BCUT2D eigenvalue weighted by molar-refractivity contribution is -0.119. The highest BCUT2D eigenvalue weighted by Gasteiger charge is 2.16. The molecule has 0 radical (unpaired) electrons. The third-order valence-corrected chi connectivity index (χ3v) is 4.21. The molecular weight excluding hydrogens is 382 g/mol. The Balaban J connectivity index is 1.63. The summed E-state index contributed by atoms with van der Waals surface area (Å²) in [6.07, 6.45) is 0. The molecule has 7 nitrogen and oxygen atoms in total. The summed E-state index contributed by atoms with van der Waals surface area (Å²) in [5, 5.41) is 9.95. The normalized spacial score (nSPS) is 10.5. The minimum atomic E-state index is -0.705. The van der Waals surface area contributed by atoms with Crippen LogP contribution < -0.4 is 16.0 Å². The molecule has 0 aliphatic rings. The fraction of sp³-hybridized carbons (Fsp3) is 0.174. The topological polar surface area (TPSA) is 96.5 Å². The highest BCUT2D eigenvalue weighted by atomic mass is 16.5. The molecule has 3 N–H and O–H groups in total. The Labute approximate surface area is 174 Å². The van der Waals surface area contributed by atoms with Gasteiger partial charge in [0, 0.05) is 17.1 Å². The standard InChI is InChI=1S/C23H23N3O4/c1-15(2)24-23(29)26-20-12-6-5-11-18(20)22(28)30-14-21(27)25-19-13-7-9-16-8-3-4-10-17(16)19/h3-13,15H,14H2,1-2H3,(H,25,27)(H2,24,26,29). The summed E-state index contributed by atoms with van der Waals surface area (Å²) in [5.41, 5.74) is 1.10. The maximum Gasteiger partial charge on any atom is 0.340 e. The van der Waals surface area contributed by atoms with E-state index in [9.17, 15) is 14.4 Å². The van der Waals surface area contributed by atoms with Gasteiger partial charge in [0.1, 0.15) is 0 Å². The number of ether oxygens (including phenoxy) is 1. The first-order valence-corrected chi connectivity index (χ1v) is 9.55. The molecule has 3 rings (SSSR count). The van der Waals surface area contributed by atoms with Gasteiger partial charge in [0.05, 0.1) is 11.3 Å². The summed E-state index contributed by atoms with van der Waals surface area (Å²) < 4.78 is 5.15. The van der Waals surface area contributed by atoms with Gasteiger partial charge in [0.2, 0.25) is 0 Å². The van der Waals surface area contributed by atoms with Gasteiger partial charge in [-0.15, -0.1) is 0 Å². The zero-order valence-corrected chi connectivity index (χ0v) is 16.8. The molecular formula is C23H23N3O4. The van der Waals surface area contributed by atoms with Gasteiger partial charge in [0.15, 0.2) is 6.61 Å². The molecule has 0 atom stereocenters. The van der Waals surface area contributed by atoms with Gasteiger partial charge >= 0.3 is 12.0 Å². The van der Waals surface area contributed by atoms with E-state index in [0.717, 1.165) is 10.8 Å². The van der Waals surface area contributed by atoms with E-state index in [1.165, 1.54) is 6.07 Å². The SMILES string of the molecule is CC(C)NC(=O)Nc1ccccc1C(=O)OCC(=O)Nc1cccc2ccccc12. The van der Waals surface area contributed by atoms with E-state index < -0.39 is 24.5 Å². The van der Waals surface area contributed by atoms with E-state index in [-0.39, 0.29) is 11.6 Å². The zero-order chi connectivity index (χ0) is 21.5. The fourth-order valence-electron chi connectivity index (χ4n) is 2.92. The number of anilines is 2. The smallest absolute Gasteiger partial charge is 0.340 e. The average Bonchev–Trinajstić information content (AvgIpc) is 2.72. The molecule has 0 bridgehead atoms. The number of rotatable bonds is 6. The van der Waals surface area contributed by atoms with Crippen molar-refractivity contribution < 1.29 is 19.1 Å². The first kappa shape index (κ1) is 20.9. The molecule has 0 aliphatic heterocycles. The van der Waals surface area contributed by atoms with Gasteiger partial charge in [0.25, 0.3) is 5.91 Å². The van der Waals surface area contributed by atoms with Crippen molar-refractivity contribution in [3.63, 3.8) is 0 Å². The predicted molar refractivity (Wildman–Crippen MR) is 117 cm³/mol. The number of carbonyl (C=O) groups is 3. The van der Waals surface area contributed by atoms with Gasteiger partial charge in [-0.2, -0.15) is 0 Å². The van der Waals surface area contributed by atoms with Crippen molar-refractivity contribution in [2.45, 2.75) is 19.9 Å². The van der Waals surface area contributed by atoms with Gasteiger partial charge in [-0.1, -0.05) is 48.5 Å². The lowest BCUT2D eigenvalue weighted by Crippen LogP contribution is -2.34. The van der Waals surface area contributed by atoms with E-state index in [2.05, 4.69) is 16.0 Å². The number of fused-ring (bicyclic) bond motifs is 1. The number of amides is 3. The molecule has 3 aromatic rings. The summed E-state index contributed by atoms with van der Waals surface area (Å²) in [7, 11) is 0. The lowest BCUT2D eigenvalue weighted by atomic mass is 10.1. The summed E-state index contributed by atoms with van der Waals surface area (Å²) in [4.78, 5) is 36.7. The van der Waals surface area contributed by atoms with Gasteiger partial charge in [-0.25, -0.2) is 9.59 Å². The van der Waals surface area contributed by atoms with Gasteiger partial charge in [-0.05, 0) is 37.4 Å². The molecule has 0 fully saturated rings. The summed E-state index contributed by atoms with van der Waals surface area (Å²) in [5.74, 6) is -1.16. The van der Waals surface area contributed by atoms with Crippen LogP contribution in [0.5, 0.6) is 0 Å². The lowest BCUT2D eigenvalue weighted by Gasteiger charge is -2.13. The molecule has 30 heavy (non-hydrogen) atoms. The van der Waals surface area contributed by atoms with E-state index in [1.54, 1.807) is 24.3 Å². The number of hydrogen-bond acceptors (Lipinski definition) is 4. The Bertz CT molecular complexity index is 1070. The number of esters is 1. The van der Waals surface area contributed by atoms with Crippen LogP contribution in [0, 0.1) is 0 Å². The Morgan fingerprint density at radius 2 is 1.50 bits per heavy atom. The van der Waals surface area contributed by atoms with Crippen LogP contribution in [-0.2, 0) is 9.53 Å².